The molecule has 2 heterocycles. The van der Waals surface area contributed by atoms with E-state index in [1.165, 1.54) is 25.3 Å². The maximum atomic E-state index is 13.5. The summed E-state index contributed by atoms with van der Waals surface area (Å²) in [6.45, 7) is 0. The number of hydrogen-bond acceptors (Lipinski definition) is 4. The van der Waals surface area contributed by atoms with Gasteiger partial charge in [0.25, 0.3) is 0 Å². The van der Waals surface area contributed by atoms with Gasteiger partial charge in [-0.05, 0) is 30.5 Å². The van der Waals surface area contributed by atoms with Crippen LogP contribution in [0.2, 0.25) is 5.02 Å². The standard InChI is InChI=1S/C19H19ClFN3O/c20-13-8-11(6-7-14(13)21)12-9-24-17(10-4-2-1-3-5-10)18-15(12)16(22)19(23)25-18/h6-10H,1-5,22-23H2. The van der Waals surface area contributed by atoms with Crippen LogP contribution < -0.4 is 11.5 Å². The van der Waals surface area contributed by atoms with Gasteiger partial charge in [-0.25, -0.2) is 4.39 Å². The molecule has 130 valence electrons. The monoisotopic (exact) mass is 359 g/mol. The smallest absolute Gasteiger partial charge is 0.214 e. The van der Waals surface area contributed by atoms with Crippen molar-refractivity contribution in [2.24, 2.45) is 0 Å². The zero-order chi connectivity index (χ0) is 17.6. The maximum Gasteiger partial charge on any atom is 0.214 e. The molecule has 0 spiro atoms. The van der Waals surface area contributed by atoms with Crippen molar-refractivity contribution < 1.29 is 8.81 Å². The molecule has 0 saturated heterocycles. The van der Waals surface area contributed by atoms with Crippen molar-refractivity contribution in [3.63, 3.8) is 0 Å². The molecular formula is C19H19ClFN3O. The van der Waals surface area contributed by atoms with Crippen molar-refractivity contribution in [3.8, 4) is 11.1 Å². The van der Waals surface area contributed by atoms with Gasteiger partial charge in [0.2, 0.25) is 5.88 Å². The molecule has 0 unspecified atom stereocenters. The van der Waals surface area contributed by atoms with Crippen molar-refractivity contribution in [1.29, 1.82) is 0 Å². The van der Waals surface area contributed by atoms with Crippen LogP contribution in [-0.4, -0.2) is 4.98 Å². The number of rotatable bonds is 2. The van der Waals surface area contributed by atoms with E-state index in [0.717, 1.165) is 35.0 Å². The van der Waals surface area contributed by atoms with Crippen LogP contribution in [0.5, 0.6) is 0 Å². The summed E-state index contributed by atoms with van der Waals surface area (Å²) in [5.74, 6) is 0.0784. The average Bonchev–Trinajstić information content (AvgIpc) is 2.93. The molecule has 1 fully saturated rings. The predicted molar refractivity (Wildman–Crippen MR) is 99.1 cm³/mol. The van der Waals surface area contributed by atoms with Gasteiger partial charge < -0.3 is 15.9 Å². The Labute approximate surface area is 150 Å². The molecule has 4 nitrogen and oxygen atoms in total. The van der Waals surface area contributed by atoms with E-state index < -0.39 is 5.82 Å². The van der Waals surface area contributed by atoms with Gasteiger partial charge in [-0.2, -0.15) is 0 Å². The van der Waals surface area contributed by atoms with Gasteiger partial charge in [-0.15, -0.1) is 0 Å². The average molecular weight is 360 g/mol. The number of hydrogen-bond donors (Lipinski definition) is 2. The summed E-state index contributed by atoms with van der Waals surface area (Å²) in [6, 6.07) is 4.55. The lowest BCUT2D eigenvalue weighted by molar-refractivity contribution is 0.434. The first-order valence-electron chi connectivity index (χ1n) is 8.48. The number of anilines is 2. The second kappa shape index (κ2) is 6.23. The molecule has 2 aromatic heterocycles. The molecule has 1 aromatic carbocycles. The van der Waals surface area contributed by atoms with E-state index in [9.17, 15) is 4.39 Å². The predicted octanol–water partition coefficient (Wildman–Crippen LogP) is 5.50. The van der Waals surface area contributed by atoms with Gasteiger partial charge in [0.15, 0.2) is 5.58 Å². The minimum atomic E-state index is -0.465. The number of halogens is 2. The van der Waals surface area contributed by atoms with Crippen molar-refractivity contribution in [2.75, 3.05) is 11.5 Å². The lowest BCUT2D eigenvalue weighted by Crippen LogP contribution is -2.07. The summed E-state index contributed by atoms with van der Waals surface area (Å²) < 4.78 is 19.3. The third-order valence-electron chi connectivity index (χ3n) is 5.03. The molecule has 1 aliphatic rings. The molecule has 1 saturated carbocycles. The number of aromatic nitrogens is 1. The molecule has 0 atom stereocenters. The highest BCUT2D eigenvalue weighted by atomic mass is 35.5. The van der Waals surface area contributed by atoms with E-state index in [2.05, 4.69) is 4.98 Å². The molecule has 4 N–H and O–H groups in total. The highest BCUT2D eigenvalue weighted by Gasteiger charge is 2.25. The van der Waals surface area contributed by atoms with Crippen molar-refractivity contribution >= 4 is 34.1 Å². The minimum Gasteiger partial charge on any atom is -0.437 e. The van der Waals surface area contributed by atoms with E-state index in [0.29, 0.717) is 17.2 Å². The number of nitrogens with zero attached hydrogens (tertiary/aromatic N) is 1. The van der Waals surface area contributed by atoms with Gasteiger partial charge in [0.1, 0.15) is 11.5 Å². The second-order valence-corrected chi connectivity index (χ2v) is 7.01. The number of fused-ring (bicyclic) bond motifs is 1. The fraction of sp³-hybridized carbons (Fsp3) is 0.316. The molecule has 25 heavy (non-hydrogen) atoms. The molecule has 0 bridgehead atoms. The SMILES string of the molecule is Nc1oc2c(C3CCCCC3)ncc(-c3ccc(F)c(Cl)c3)c2c1N. The van der Waals surface area contributed by atoms with Crippen LogP contribution in [-0.2, 0) is 0 Å². The summed E-state index contributed by atoms with van der Waals surface area (Å²) >= 11 is 5.94. The summed E-state index contributed by atoms with van der Waals surface area (Å²) in [5.41, 5.74) is 15.6. The zero-order valence-corrected chi connectivity index (χ0v) is 14.4. The third-order valence-corrected chi connectivity index (χ3v) is 5.32. The van der Waals surface area contributed by atoms with Gasteiger partial charge in [0.05, 0.1) is 16.1 Å². The number of pyridine rings is 1. The van der Waals surface area contributed by atoms with E-state index in [1.807, 2.05) is 0 Å². The summed E-state index contributed by atoms with van der Waals surface area (Å²) in [6.07, 6.45) is 7.58. The summed E-state index contributed by atoms with van der Waals surface area (Å²) in [7, 11) is 0. The van der Waals surface area contributed by atoms with Crippen LogP contribution in [0, 0.1) is 5.82 Å². The summed E-state index contributed by atoms with van der Waals surface area (Å²) in [4.78, 5) is 4.67. The van der Waals surface area contributed by atoms with E-state index in [-0.39, 0.29) is 10.9 Å². The molecule has 3 aromatic rings. The molecule has 0 radical (unpaired) electrons. The lowest BCUT2D eigenvalue weighted by Gasteiger charge is -2.21. The first-order chi connectivity index (χ1) is 12.1. The number of nitrogen functional groups attached to an aromatic ring is 2. The highest BCUT2D eigenvalue weighted by Crippen LogP contribution is 2.43. The molecule has 0 amide bonds. The largest absolute Gasteiger partial charge is 0.437 e. The van der Waals surface area contributed by atoms with Crippen molar-refractivity contribution in [3.05, 3.63) is 40.9 Å². The van der Waals surface area contributed by atoms with Gasteiger partial charge in [-0.1, -0.05) is 36.9 Å². The summed E-state index contributed by atoms with van der Waals surface area (Å²) in [5, 5.41) is 0.785. The molecule has 1 aliphatic carbocycles. The fourth-order valence-corrected chi connectivity index (χ4v) is 3.90. The lowest BCUT2D eigenvalue weighted by atomic mass is 9.85. The van der Waals surface area contributed by atoms with Crippen LogP contribution in [0.3, 0.4) is 0 Å². The van der Waals surface area contributed by atoms with Gasteiger partial charge in [-0.3, -0.25) is 4.98 Å². The van der Waals surface area contributed by atoms with Crippen molar-refractivity contribution in [2.45, 2.75) is 38.0 Å². The normalized spacial score (nSPS) is 15.8. The van der Waals surface area contributed by atoms with E-state index in [4.69, 9.17) is 27.5 Å². The fourth-order valence-electron chi connectivity index (χ4n) is 3.72. The van der Waals surface area contributed by atoms with Crippen LogP contribution in [0.25, 0.3) is 22.1 Å². The Bertz CT molecular complexity index is 947. The van der Waals surface area contributed by atoms with Gasteiger partial charge >= 0.3 is 0 Å². The molecular weight excluding hydrogens is 341 g/mol. The Balaban J connectivity index is 1.93. The Hall–Kier alpha value is -2.27. The van der Waals surface area contributed by atoms with Crippen LogP contribution in [0.1, 0.15) is 43.7 Å². The zero-order valence-electron chi connectivity index (χ0n) is 13.7. The van der Waals surface area contributed by atoms with E-state index in [1.54, 1.807) is 18.3 Å². The van der Waals surface area contributed by atoms with Crippen molar-refractivity contribution in [1.82, 2.24) is 4.98 Å². The molecule has 0 aliphatic heterocycles. The molecule has 6 heteroatoms. The second-order valence-electron chi connectivity index (χ2n) is 6.61. The van der Waals surface area contributed by atoms with Crippen LogP contribution >= 0.6 is 11.6 Å². The Morgan fingerprint density at radius 1 is 1.16 bits per heavy atom. The Kier molecular flexibility index (Phi) is 4.04. The number of furan rings is 1. The third kappa shape index (κ3) is 2.72. The van der Waals surface area contributed by atoms with E-state index >= 15 is 0 Å². The molecule has 4 rings (SSSR count). The minimum absolute atomic E-state index is 0.0528. The quantitative estimate of drug-likeness (QED) is 0.633. The number of nitrogens with two attached hydrogens (primary N) is 2. The highest BCUT2D eigenvalue weighted by molar-refractivity contribution is 6.31. The Morgan fingerprint density at radius 2 is 1.92 bits per heavy atom. The van der Waals surface area contributed by atoms with Crippen LogP contribution in [0.15, 0.2) is 28.8 Å². The van der Waals surface area contributed by atoms with Gasteiger partial charge in [0, 0.05) is 17.7 Å². The topological polar surface area (TPSA) is 78.1 Å². The van der Waals surface area contributed by atoms with Crippen LogP contribution in [0.4, 0.5) is 16.0 Å². The maximum absolute atomic E-state index is 13.5. The first kappa shape index (κ1) is 16.2. The Morgan fingerprint density at radius 3 is 2.64 bits per heavy atom. The number of benzene rings is 1. The first-order valence-corrected chi connectivity index (χ1v) is 8.86.